The fourth-order valence-corrected chi connectivity index (χ4v) is 4.49. The quantitative estimate of drug-likeness (QED) is 0.163. The monoisotopic (exact) mass is 624 g/mol. The van der Waals surface area contributed by atoms with Crippen molar-refractivity contribution in [1.82, 2.24) is 19.9 Å². The van der Waals surface area contributed by atoms with Crippen LogP contribution in [0, 0.1) is 0 Å². The van der Waals surface area contributed by atoms with Crippen molar-refractivity contribution in [1.29, 1.82) is 0 Å². The highest BCUT2D eigenvalue weighted by Gasteiger charge is 2.11. The summed E-state index contributed by atoms with van der Waals surface area (Å²) < 4.78 is 0. The van der Waals surface area contributed by atoms with E-state index in [1.54, 1.807) is 36.7 Å². The van der Waals surface area contributed by atoms with Gasteiger partial charge in [0, 0.05) is 56.1 Å². The van der Waals surface area contributed by atoms with E-state index in [4.69, 9.17) is 23.2 Å². The average molecular weight is 626 g/mol. The second-order valence-electron chi connectivity index (χ2n) is 9.28. The van der Waals surface area contributed by atoms with Gasteiger partial charge in [-0.05, 0) is 84.9 Å². The van der Waals surface area contributed by atoms with E-state index in [2.05, 4.69) is 30.6 Å². The first-order valence-electron chi connectivity index (χ1n) is 13.0. The number of nitrogens with one attached hydrogen (secondary N) is 2. The zero-order valence-electron chi connectivity index (χ0n) is 22.4. The van der Waals surface area contributed by atoms with Gasteiger partial charge in [0.1, 0.15) is 0 Å². The van der Waals surface area contributed by atoms with E-state index >= 15 is 0 Å². The lowest BCUT2D eigenvalue weighted by Crippen LogP contribution is -2.03. The molecule has 2 heterocycles. The van der Waals surface area contributed by atoms with Crippen LogP contribution in [0.15, 0.2) is 122 Å². The molecule has 0 aliphatic heterocycles. The minimum atomic E-state index is -0.0879. The van der Waals surface area contributed by atoms with Gasteiger partial charge >= 0.3 is 0 Å². The van der Waals surface area contributed by atoms with Crippen molar-refractivity contribution in [2.75, 3.05) is 10.6 Å². The van der Waals surface area contributed by atoms with Crippen LogP contribution in [-0.4, -0.2) is 25.7 Å². The van der Waals surface area contributed by atoms with E-state index < -0.39 is 0 Å². The van der Waals surface area contributed by atoms with Crippen LogP contribution < -0.4 is 10.6 Å². The van der Waals surface area contributed by atoms with E-state index in [1.165, 1.54) is 0 Å². The molecule has 0 unspecified atom stereocenters. The zero-order valence-corrected chi connectivity index (χ0v) is 24.7. The summed E-state index contributed by atoms with van der Waals surface area (Å²) >= 11 is 12.0. The number of hydrogen-bond acceptors (Lipinski definition) is 7. The first-order valence-corrected chi connectivity index (χ1v) is 13.7. The van der Waals surface area contributed by atoms with Crippen LogP contribution in [0.25, 0.3) is 22.5 Å². The molecule has 0 saturated heterocycles. The van der Waals surface area contributed by atoms with Crippen molar-refractivity contribution in [2.45, 2.75) is 0 Å². The second-order valence-corrected chi connectivity index (χ2v) is 10.2. The average Bonchev–Trinajstić information content (AvgIpc) is 3.02. The summed E-state index contributed by atoms with van der Waals surface area (Å²) in [4.78, 5) is 30.9. The Bertz CT molecular complexity index is 1710. The van der Waals surface area contributed by atoms with Crippen LogP contribution >= 0.6 is 35.6 Å². The number of rotatable bonds is 8. The molecule has 43 heavy (non-hydrogen) atoms. The molecule has 0 amide bonds. The fraction of sp³-hybridized carbons (Fsp3) is 0. The lowest BCUT2D eigenvalue weighted by molar-refractivity contribution is 0.103. The lowest BCUT2D eigenvalue weighted by atomic mass is 10.0. The number of benzene rings is 4. The van der Waals surface area contributed by atoms with Gasteiger partial charge in [-0.25, -0.2) is 19.9 Å². The molecule has 0 spiro atoms. The Labute approximate surface area is 264 Å². The van der Waals surface area contributed by atoms with Crippen LogP contribution in [0.4, 0.5) is 23.3 Å². The largest absolute Gasteiger partial charge is 0.324 e. The van der Waals surface area contributed by atoms with E-state index in [0.29, 0.717) is 33.1 Å². The molecule has 7 nitrogen and oxygen atoms in total. The Morgan fingerprint density at radius 3 is 1.26 bits per heavy atom. The van der Waals surface area contributed by atoms with E-state index in [0.717, 1.165) is 33.9 Å². The first kappa shape index (κ1) is 29.7. The summed E-state index contributed by atoms with van der Waals surface area (Å²) in [6.45, 7) is 0. The first-order chi connectivity index (χ1) is 20.5. The third-order valence-electron chi connectivity index (χ3n) is 6.40. The van der Waals surface area contributed by atoms with Crippen LogP contribution in [-0.2, 0) is 0 Å². The number of carbonyl (C=O) groups excluding carboxylic acids is 1. The fourth-order valence-electron chi connectivity index (χ4n) is 4.24. The Balaban J connectivity index is 0.00000368. The van der Waals surface area contributed by atoms with Crippen molar-refractivity contribution >= 4 is 64.7 Å². The Hall–Kier alpha value is -4.82. The molecule has 0 saturated carbocycles. The predicted molar refractivity (Wildman–Crippen MR) is 175 cm³/mol. The van der Waals surface area contributed by atoms with Crippen molar-refractivity contribution in [3.63, 3.8) is 0 Å². The van der Waals surface area contributed by atoms with Gasteiger partial charge in [0.15, 0.2) is 5.78 Å². The minimum Gasteiger partial charge on any atom is -0.324 e. The van der Waals surface area contributed by atoms with Gasteiger partial charge in [-0.1, -0.05) is 47.5 Å². The zero-order chi connectivity index (χ0) is 28.9. The summed E-state index contributed by atoms with van der Waals surface area (Å²) in [7, 11) is 0. The van der Waals surface area contributed by atoms with Crippen molar-refractivity contribution in [3.05, 3.63) is 143 Å². The van der Waals surface area contributed by atoms with Gasteiger partial charge in [-0.15, -0.1) is 12.4 Å². The smallest absolute Gasteiger partial charge is 0.227 e. The molecule has 0 atom stereocenters. The maximum Gasteiger partial charge on any atom is 0.227 e. The highest BCUT2D eigenvalue weighted by molar-refractivity contribution is 6.30. The molecule has 4 aromatic carbocycles. The highest BCUT2D eigenvalue weighted by Crippen LogP contribution is 2.24. The third kappa shape index (κ3) is 7.34. The number of anilines is 4. The molecule has 0 radical (unpaired) electrons. The van der Waals surface area contributed by atoms with Gasteiger partial charge in [0.25, 0.3) is 0 Å². The van der Waals surface area contributed by atoms with Crippen molar-refractivity contribution < 1.29 is 4.79 Å². The molecular weight excluding hydrogens is 603 g/mol. The summed E-state index contributed by atoms with van der Waals surface area (Å²) in [6, 6.07) is 33.0. The maximum absolute atomic E-state index is 13.1. The number of halogens is 3. The third-order valence-corrected chi connectivity index (χ3v) is 6.90. The molecular formula is C33H23Cl3N6O. The van der Waals surface area contributed by atoms with Crippen LogP contribution in [0.5, 0.6) is 0 Å². The van der Waals surface area contributed by atoms with Gasteiger partial charge < -0.3 is 10.6 Å². The van der Waals surface area contributed by atoms with Crippen LogP contribution in [0.3, 0.4) is 0 Å². The molecule has 0 bridgehead atoms. The Morgan fingerprint density at radius 2 is 0.884 bits per heavy atom. The van der Waals surface area contributed by atoms with Gasteiger partial charge in [-0.3, -0.25) is 4.79 Å². The molecule has 0 fully saturated rings. The normalized spacial score (nSPS) is 10.5. The van der Waals surface area contributed by atoms with Gasteiger partial charge in [-0.2, -0.15) is 0 Å². The number of ketones is 1. The number of hydrogen-bond donors (Lipinski definition) is 2. The SMILES string of the molecule is Cl.O=C(c1ccc(Nc2nccc(-c3ccc(Cl)cc3)n2)cc1)c1ccc(Nc2nccc(-c3ccc(Cl)cc3)n2)cc1. The summed E-state index contributed by atoms with van der Waals surface area (Å²) in [5.74, 6) is 0.815. The minimum absolute atomic E-state index is 0. The molecule has 6 aromatic rings. The molecule has 2 N–H and O–H groups in total. The number of aromatic nitrogens is 4. The second kappa shape index (κ2) is 13.4. The Kier molecular flexibility index (Phi) is 9.27. The molecule has 212 valence electrons. The molecule has 6 rings (SSSR count). The lowest BCUT2D eigenvalue weighted by Gasteiger charge is -2.09. The van der Waals surface area contributed by atoms with E-state index in [1.807, 2.05) is 84.9 Å². The summed E-state index contributed by atoms with van der Waals surface area (Å²) in [6.07, 6.45) is 3.39. The van der Waals surface area contributed by atoms with Crippen LogP contribution in [0.2, 0.25) is 10.0 Å². The van der Waals surface area contributed by atoms with Gasteiger partial charge in [0.2, 0.25) is 11.9 Å². The van der Waals surface area contributed by atoms with E-state index in [-0.39, 0.29) is 18.2 Å². The summed E-state index contributed by atoms with van der Waals surface area (Å²) in [5.41, 5.74) is 6.08. The summed E-state index contributed by atoms with van der Waals surface area (Å²) in [5, 5.41) is 7.72. The standard InChI is InChI=1S/C33H22Cl2N6O.ClH/c34-25-9-1-21(2-10-25)29-17-19-36-32(40-29)38-27-13-5-23(6-14-27)31(42)24-7-15-28(16-8-24)39-33-37-20-18-30(41-33)22-3-11-26(35)12-4-22;/h1-20H,(H,36,38,40)(H,37,39,41);1H. The molecule has 10 heteroatoms. The Morgan fingerprint density at radius 1 is 0.512 bits per heavy atom. The molecule has 2 aromatic heterocycles. The molecule has 0 aliphatic rings. The van der Waals surface area contributed by atoms with Crippen molar-refractivity contribution in [3.8, 4) is 22.5 Å². The topological polar surface area (TPSA) is 92.7 Å². The van der Waals surface area contributed by atoms with Gasteiger partial charge in [0.05, 0.1) is 11.4 Å². The predicted octanol–water partition coefficient (Wildman–Crippen LogP) is 9.05. The van der Waals surface area contributed by atoms with Crippen LogP contribution in [0.1, 0.15) is 15.9 Å². The van der Waals surface area contributed by atoms with Crippen molar-refractivity contribution in [2.24, 2.45) is 0 Å². The highest BCUT2D eigenvalue weighted by atomic mass is 35.5. The van der Waals surface area contributed by atoms with E-state index in [9.17, 15) is 4.79 Å². The number of nitrogens with zero attached hydrogens (tertiary/aromatic N) is 4. The molecule has 0 aliphatic carbocycles. The number of carbonyl (C=O) groups is 1. The maximum atomic E-state index is 13.1.